The topological polar surface area (TPSA) is 202 Å². The van der Waals surface area contributed by atoms with Crippen molar-refractivity contribution in [1.82, 2.24) is 20.6 Å². The van der Waals surface area contributed by atoms with Crippen LogP contribution in [0.1, 0.15) is 62.3 Å². The van der Waals surface area contributed by atoms with Crippen molar-refractivity contribution in [1.29, 1.82) is 0 Å². The van der Waals surface area contributed by atoms with Gasteiger partial charge in [0.05, 0.1) is 117 Å². The van der Waals surface area contributed by atoms with Gasteiger partial charge in [-0.3, -0.25) is 9.59 Å². The summed E-state index contributed by atoms with van der Waals surface area (Å²) in [5.41, 5.74) is 4.79. The minimum absolute atomic E-state index is 0.0207. The second-order valence-corrected chi connectivity index (χ2v) is 16.6. The van der Waals surface area contributed by atoms with Gasteiger partial charge in [0.1, 0.15) is 5.60 Å². The van der Waals surface area contributed by atoms with Crippen LogP contribution in [0.5, 0.6) is 0 Å². The number of rotatable bonds is 30. The van der Waals surface area contributed by atoms with Crippen molar-refractivity contribution in [3.8, 4) is 11.1 Å². The molecule has 2 heterocycles. The molecule has 18 heteroatoms. The van der Waals surface area contributed by atoms with Crippen molar-refractivity contribution in [2.24, 2.45) is 5.92 Å². The molecule has 0 saturated heterocycles. The average molecular weight is 909 g/mol. The summed E-state index contributed by atoms with van der Waals surface area (Å²) >= 11 is 0. The van der Waals surface area contributed by atoms with Gasteiger partial charge in [0.25, 0.3) is 5.91 Å². The molecular weight excluding hydrogens is 841 g/mol. The van der Waals surface area contributed by atoms with Gasteiger partial charge < -0.3 is 63.4 Å². The van der Waals surface area contributed by atoms with Crippen LogP contribution in [0.15, 0.2) is 54.9 Å². The number of hydrogen-bond donors (Lipinski definition) is 3. The highest BCUT2D eigenvalue weighted by Gasteiger charge is 2.42. The Balaban J connectivity index is 0.868. The number of aliphatic hydroxyl groups is 1. The van der Waals surface area contributed by atoms with Crippen molar-refractivity contribution >= 4 is 29.3 Å². The molecular formula is C47H68N6O12. The van der Waals surface area contributed by atoms with Gasteiger partial charge >= 0.3 is 6.09 Å². The van der Waals surface area contributed by atoms with E-state index in [-0.39, 0.29) is 30.9 Å². The zero-order valence-corrected chi connectivity index (χ0v) is 38.4. The number of anilines is 2. The van der Waals surface area contributed by atoms with Crippen LogP contribution < -0.4 is 20.4 Å². The normalized spacial score (nSPS) is 14.9. The summed E-state index contributed by atoms with van der Waals surface area (Å²) in [6.45, 7) is 14.8. The molecule has 2 aliphatic rings. The zero-order chi connectivity index (χ0) is 46.3. The third-order valence-electron chi connectivity index (χ3n) is 10.3. The number of carbonyl (C=O) groups excluding carboxylic acids is 3. The smallest absolute Gasteiger partial charge is 0.407 e. The fourth-order valence-electron chi connectivity index (χ4n) is 7.08. The van der Waals surface area contributed by atoms with Crippen molar-refractivity contribution in [2.45, 2.75) is 65.3 Å². The van der Waals surface area contributed by atoms with E-state index < -0.39 is 17.6 Å². The van der Waals surface area contributed by atoms with Gasteiger partial charge in [0, 0.05) is 51.1 Å². The van der Waals surface area contributed by atoms with Gasteiger partial charge in [-0.25, -0.2) is 14.8 Å². The average Bonchev–Trinajstić information content (AvgIpc) is 4.14. The number of nitrogens with one attached hydrogen (secondary N) is 2. The molecule has 0 unspecified atom stereocenters. The quantitative estimate of drug-likeness (QED) is 0.0805. The maximum atomic E-state index is 13.0. The summed E-state index contributed by atoms with van der Waals surface area (Å²) in [6.07, 6.45) is 5.02. The number of aliphatic hydroxyl groups excluding tert-OH is 1. The van der Waals surface area contributed by atoms with E-state index in [2.05, 4.69) is 31.6 Å². The van der Waals surface area contributed by atoms with E-state index in [1.54, 1.807) is 19.3 Å². The van der Waals surface area contributed by atoms with Gasteiger partial charge in [0.2, 0.25) is 11.7 Å². The van der Waals surface area contributed by atoms with E-state index >= 15 is 0 Å². The summed E-state index contributed by atoms with van der Waals surface area (Å²) in [7, 11) is 0. The first kappa shape index (κ1) is 51.2. The molecule has 0 bridgehead atoms. The Morgan fingerprint density at radius 3 is 1.68 bits per heavy atom. The predicted molar refractivity (Wildman–Crippen MR) is 243 cm³/mol. The van der Waals surface area contributed by atoms with Gasteiger partial charge in [-0.1, -0.05) is 30.3 Å². The van der Waals surface area contributed by atoms with Crippen molar-refractivity contribution in [3.05, 3.63) is 71.8 Å². The van der Waals surface area contributed by atoms with Gasteiger partial charge in [-0.15, -0.1) is 0 Å². The zero-order valence-electron chi connectivity index (χ0n) is 38.4. The van der Waals surface area contributed by atoms with Crippen LogP contribution in [0.4, 0.5) is 16.2 Å². The predicted octanol–water partition coefficient (Wildman–Crippen LogP) is 4.16. The van der Waals surface area contributed by atoms with E-state index in [0.717, 1.165) is 46.5 Å². The number of nitrogens with zero attached hydrogens (tertiary/aromatic N) is 4. The third kappa shape index (κ3) is 18.2. The number of ether oxygens (including phenoxy) is 8. The molecule has 1 aromatic heterocycles. The molecule has 3 amide bonds. The van der Waals surface area contributed by atoms with Crippen LogP contribution in [0.25, 0.3) is 11.1 Å². The first-order valence-electron chi connectivity index (χ1n) is 22.5. The summed E-state index contributed by atoms with van der Waals surface area (Å²) in [5.74, 6) is 0.138. The van der Waals surface area contributed by atoms with Crippen LogP contribution in [-0.2, 0) is 55.8 Å². The Kier molecular flexibility index (Phi) is 21.8. The summed E-state index contributed by atoms with van der Waals surface area (Å²) in [6, 6.07) is 14.0. The second kappa shape index (κ2) is 27.6. The first-order valence-corrected chi connectivity index (χ1v) is 22.5. The Morgan fingerprint density at radius 2 is 1.18 bits per heavy atom. The Hall–Kier alpha value is -4.79. The lowest BCUT2D eigenvalue weighted by atomic mass is 9.98. The lowest BCUT2D eigenvalue weighted by Crippen LogP contribution is -2.52. The standard InChI is InChI=1S/C47H68N6O12/c1-35(55)53-41-12-11-37(29-42(41)52(33-43(53)36-9-10-36)32-38-7-5-6-8-39(38)34-54)40-30-50-44(51-31-40)45(56)48-13-15-58-17-19-60-21-23-62-25-27-64-28-26-63-24-22-61-20-18-59-16-14-49-46(57)65-47(2,3)4/h5-8,11-12,29-31,36,43,54H,9-10,13-28,32-34H2,1-4H3,(H,48,56)(H,49,57)/t43-/m1/s1. The SMILES string of the molecule is CC(=O)N1c2ccc(-c3cnc(C(=O)NCCOCCOCCOCCOCCOCCOCCOCCNC(=O)OC(C)(C)C)nc3)cc2N(Cc2ccccc2CO)C[C@@H]1C1CC1. The van der Waals surface area contributed by atoms with Gasteiger partial charge in [-0.2, -0.15) is 0 Å². The monoisotopic (exact) mass is 908 g/mol. The molecule has 0 radical (unpaired) electrons. The number of carbonyl (C=O) groups is 3. The van der Waals surface area contributed by atoms with Crippen molar-refractivity contribution in [2.75, 3.05) is 122 Å². The van der Waals surface area contributed by atoms with E-state index in [1.807, 2.05) is 62.1 Å². The largest absolute Gasteiger partial charge is 0.444 e. The van der Waals surface area contributed by atoms with E-state index in [9.17, 15) is 19.5 Å². The molecule has 1 atom stereocenters. The fraction of sp³-hybridized carbons (Fsp3) is 0.596. The molecule has 65 heavy (non-hydrogen) atoms. The molecule has 3 aromatic rings. The molecule has 1 saturated carbocycles. The maximum Gasteiger partial charge on any atom is 0.407 e. The van der Waals surface area contributed by atoms with Gasteiger partial charge in [-0.05, 0) is 68.4 Å². The third-order valence-corrected chi connectivity index (χ3v) is 10.3. The van der Waals surface area contributed by atoms with Crippen LogP contribution >= 0.6 is 0 Å². The van der Waals surface area contributed by atoms with Crippen molar-refractivity contribution in [3.63, 3.8) is 0 Å². The maximum absolute atomic E-state index is 13.0. The molecule has 3 N–H and O–H groups in total. The lowest BCUT2D eigenvalue weighted by Gasteiger charge is -2.44. The highest BCUT2D eigenvalue weighted by atomic mass is 16.6. The Morgan fingerprint density at radius 1 is 0.677 bits per heavy atom. The molecule has 0 spiro atoms. The molecule has 2 aromatic carbocycles. The second-order valence-electron chi connectivity index (χ2n) is 16.6. The van der Waals surface area contributed by atoms with Crippen LogP contribution in [0.3, 0.4) is 0 Å². The van der Waals surface area contributed by atoms with Crippen LogP contribution in [-0.4, -0.2) is 157 Å². The van der Waals surface area contributed by atoms with E-state index in [4.69, 9.17) is 37.9 Å². The summed E-state index contributed by atoms with van der Waals surface area (Å²) in [4.78, 5) is 50.3. The van der Waals surface area contributed by atoms with Gasteiger partial charge in [0.15, 0.2) is 0 Å². The molecule has 358 valence electrons. The molecule has 1 aliphatic carbocycles. The molecule has 1 aliphatic heterocycles. The van der Waals surface area contributed by atoms with Crippen LogP contribution in [0, 0.1) is 5.92 Å². The number of benzene rings is 2. The summed E-state index contributed by atoms with van der Waals surface area (Å²) in [5, 5.41) is 15.4. The first-order chi connectivity index (χ1) is 31.5. The highest BCUT2D eigenvalue weighted by molar-refractivity contribution is 5.98. The van der Waals surface area contributed by atoms with E-state index in [0.29, 0.717) is 118 Å². The number of alkyl carbamates (subject to hydrolysis) is 1. The van der Waals surface area contributed by atoms with Crippen LogP contribution in [0.2, 0.25) is 0 Å². The lowest BCUT2D eigenvalue weighted by molar-refractivity contribution is -0.117. The van der Waals surface area contributed by atoms with Crippen molar-refractivity contribution < 1.29 is 57.4 Å². The fourth-order valence-corrected chi connectivity index (χ4v) is 7.08. The number of fused-ring (bicyclic) bond motifs is 1. The number of hydrogen-bond acceptors (Lipinski definition) is 15. The minimum atomic E-state index is -0.527. The Bertz CT molecular complexity index is 1890. The number of amides is 3. The minimum Gasteiger partial charge on any atom is -0.444 e. The molecule has 1 fully saturated rings. The highest BCUT2D eigenvalue weighted by Crippen LogP contribution is 2.45. The van der Waals surface area contributed by atoms with E-state index in [1.165, 1.54) is 0 Å². The summed E-state index contributed by atoms with van der Waals surface area (Å²) < 4.78 is 43.6. The Labute approximate surface area is 382 Å². The molecule has 5 rings (SSSR count). The number of aromatic nitrogens is 2. The molecule has 18 nitrogen and oxygen atoms in total.